The molecule has 0 radical (unpaired) electrons. The first-order valence-corrected chi connectivity index (χ1v) is 21.0. The van der Waals surface area contributed by atoms with Gasteiger partial charge in [-0.15, -0.1) is 0 Å². The Labute approximate surface area is 237 Å². The summed E-state index contributed by atoms with van der Waals surface area (Å²) in [5.41, 5.74) is 1.91. The standard InChI is InChI=1S/C32H62O4Si2/c1-29(2,3)37(9,10)35-23-31(7)21-15-19-25(27(31)33)17-13-14-18-26-20-16-22-32(8,28(26)34)24-36-38(11,12)30(4,5)6/h17-18,27-28,33-34H,13-16,19-24H2,1-12H3/b25-17-,26-18-/t27-,28-,31-,32-/m1/s1. The molecule has 2 N–H and O–H groups in total. The van der Waals surface area contributed by atoms with Crippen LogP contribution in [-0.2, 0) is 8.85 Å². The Bertz CT molecular complexity index is 779. The molecule has 0 aromatic carbocycles. The molecule has 2 aliphatic carbocycles. The molecule has 0 saturated heterocycles. The molecule has 6 heteroatoms. The monoisotopic (exact) mass is 566 g/mol. The zero-order valence-corrected chi connectivity index (χ0v) is 29.1. The number of hydrogen-bond donors (Lipinski definition) is 2. The molecule has 0 aromatic rings. The van der Waals surface area contributed by atoms with Crippen LogP contribution in [0.1, 0.15) is 107 Å². The fourth-order valence-electron chi connectivity index (χ4n) is 5.23. The van der Waals surface area contributed by atoms with Crippen LogP contribution in [0.4, 0.5) is 0 Å². The van der Waals surface area contributed by atoms with Crippen LogP contribution in [0.25, 0.3) is 0 Å². The quantitative estimate of drug-likeness (QED) is 0.166. The first-order valence-electron chi connectivity index (χ1n) is 15.2. The van der Waals surface area contributed by atoms with Crippen molar-refractivity contribution in [2.75, 3.05) is 13.2 Å². The first-order chi connectivity index (χ1) is 17.2. The molecule has 0 aromatic heterocycles. The fraction of sp³-hybridized carbons (Fsp3) is 0.875. The highest BCUT2D eigenvalue weighted by atomic mass is 28.4. The van der Waals surface area contributed by atoms with Crippen LogP contribution in [-0.4, -0.2) is 52.3 Å². The number of hydrogen-bond acceptors (Lipinski definition) is 4. The van der Waals surface area contributed by atoms with E-state index in [1.165, 1.54) is 11.1 Å². The fourth-order valence-corrected chi connectivity index (χ4v) is 7.47. The summed E-state index contributed by atoms with van der Waals surface area (Å²) < 4.78 is 13.1. The van der Waals surface area contributed by atoms with Crippen molar-refractivity contribution < 1.29 is 19.1 Å². The van der Waals surface area contributed by atoms with E-state index in [9.17, 15) is 10.2 Å². The van der Waals surface area contributed by atoms with Crippen molar-refractivity contribution >= 4 is 16.6 Å². The Morgan fingerprint density at radius 1 is 0.711 bits per heavy atom. The molecule has 2 saturated carbocycles. The largest absolute Gasteiger partial charge is 0.416 e. The molecular weight excluding hydrogens is 505 g/mol. The molecule has 0 heterocycles. The minimum absolute atomic E-state index is 0.172. The lowest BCUT2D eigenvalue weighted by Gasteiger charge is -2.44. The van der Waals surface area contributed by atoms with E-state index in [4.69, 9.17) is 8.85 Å². The van der Waals surface area contributed by atoms with Gasteiger partial charge in [0.2, 0.25) is 0 Å². The average molecular weight is 567 g/mol. The smallest absolute Gasteiger partial charge is 0.192 e. The molecule has 0 aliphatic heterocycles. The molecule has 2 aliphatic rings. The normalized spacial score (nSPS) is 32.3. The summed E-state index contributed by atoms with van der Waals surface area (Å²) in [6.45, 7) is 28.4. The lowest BCUT2D eigenvalue weighted by atomic mass is 9.71. The van der Waals surface area contributed by atoms with Gasteiger partial charge < -0.3 is 19.1 Å². The van der Waals surface area contributed by atoms with Crippen molar-refractivity contribution in [3.05, 3.63) is 23.3 Å². The third-order valence-corrected chi connectivity index (χ3v) is 19.5. The highest BCUT2D eigenvalue weighted by Gasteiger charge is 2.44. The number of aliphatic hydroxyl groups excluding tert-OH is 2. The topological polar surface area (TPSA) is 58.9 Å². The molecule has 0 bridgehead atoms. The van der Waals surface area contributed by atoms with E-state index in [1.807, 2.05) is 0 Å². The van der Waals surface area contributed by atoms with Gasteiger partial charge in [-0.1, -0.05) is 67.5 Å². The van der Waals surface area contributed by atoms with Crippen molar-refractivity contribution in [3.8, 4) is 0 Å². The highest BCUT2D eigenvalue weighted by molar-refractivity contribution is 6.74. The third-order valence-electron chi connectivity index (χ3n) is 10.6. The van der Waals surface area contributed by atoms with E-state index < -0.39 is 28.8 Å². The van der Waals surface area contributed by atoms with Crippen molar-refractivity contribution in [1.82, 2.24) is 0 Å². The van der Waals surface area contributed by atoms with Gasteiger partial charge in [0.25, 0.3) is 0 Å². The zero-order chi connectivity index (χ0) is 29.2. The number of unbranched alkanes of at least 4 members (excludes halogenated alkanes) is 1. The van der Waals surface area contributed by atoms with Gasteiger partial charge in [0.05, 0.1) is 12.2 Å². The summed E-state index contributed by atoms with van der Waals surface area (Å²) in [5.74, 6) is 0. The molecule has 0 spiro atoms. The van der Waals surface area contributed by atoms with Crippen LogP contribution in [0.2, 0.25) is 36.3 Å². The summed E-state index contributed by atoms with van der Waals surface area (Å²) in [6, 6.07) is 0. The molecule has 222 valence electrons. The minimum Gasteiger partial charge on any atom is -0.416 e. The van der Waals surface area contributed by atoms with Gasteiger partial charge in [-0.3, -0.25) is 0 Å². The maximum Gasteiger partial charge on any atom is 0.192 e. The predicted molar refractivity (Wildman–Crippen MR) is 168 cm³/mol. The highest BCUT2D eigenvalue weighted by Crippen LogP contribution is 2.44. The van der Waals surface area contributed by atoms with Gasteiger partial charge in [-0.2, -0.15) is 0 Å². The van der Waals surface area contributed by atoms with Gasteiger partial charge >= 0.3 is 0 Å². The van der Waals surface area contributed by atoms with Gasteiger partial charge in [0.1, 0.15) is 0 Å². The maximum absolute atomic E-state index is 11.3. The van der Waals surface area contributed by atoms with Gasteiger partial charge in [-0.25, -0.2) is 0 Å². The molecular formula is C32H62O4Si2. The molecule has 38 heavy (non-hydrogen) atoms. The lowest BCUT2D eigenvalue weighted by Crippen LogP contribution is -2.47. The number of aliphatic hydroxyl groups is 2. The Balaban J connectivity index is 1.99. The molecule has 4 atom stereocenters. The number of allylic oxidation sites excluding steroid dienone is 2. The summed E-state index contributed by atoms with van der Waals surface area (Å²) in [5, 5.41) is 23.0. The zero-order valence-electron chi connectivity index (χ0n) is 27.1. The van der Waals surface area contributed by atoms with Crippen LogP contribution >= 0.6 is 0 Å². The van der Waals surface area contributed by atoms with E-state index in [1.54, 1.807) is 0 Å². The SMILES string of the molecule is CC(C)(C)[Si](C)(C)OC[C@@]1(C)CCC/C(=C/CC/C=C2/CCC[C@](C)(CO[Si](C)(C)C(C)(C)C)[C@@H]2O)[C@H]1O. The van der Waals surface area contributed by atoms with E-state index in [0.717, 1.165) is 51.4 Å². The summed E-state index contributed by atoms with van der Waals surface area (Å²) >= 11 is 0. The molecule has 4 nitrogen and oxygen atoms in total. The lowest BCUT2D eigenvalue weighted by molar-refractivity contribution is -0.00111. The second-order valence-corrected chi connectivity index (χ2v) is 25.7. The molecule has 2 fully saturated rings. The van der Waals surface area contributed by atoms with Crippen molar-refractivity contribution in [1.29, 1.82) is 0 Å². The van der Waals surface area contributed by atoms with Crippen molar-refractivity contribution in [3.63, 3.8) is 0 Å². The second-order valence-electron chi connectivity index (χ2n) is 16.1. The van der Waals surface area contributed by atoms with E-state index in [-0.39, 0.29) is 20.9 Å². The van der Waals surface area contributed by atoms with Crippen LogP contribution in [0.5, 0.6) is 0 Å². The molecule has 2 rings (SSSR count). The van der Waals surface area contributed by atoms with Crippen LogP contribution in [0.15, 0.2) is 23.3 Å². The molecule has 0 unspecified atom stereocenters. The Morgan fingerprint density at radius 2 is 1.03 bits per heavy atom. The number of rotatable bonds is 9. The van der Waals surface area contributed by atoms with Gasteiger partial charge in [-0.05, 0) is 98.8 Å². The van der Waals surface area contributed by atoms with Crippen LogP contribution in [0, 0.1) is 10.8 Å². The Hall–Kier alpha value is -0.246. The predicted octanol–water partition coefficient (Wildman–Crippen LogP) is 8.77. The van der Waals surface area contributed by atoms with E-state index in [2.05, 4.69) is 93.7 Å². The Kier molecular flexibility index (Phi) is 11.0. The summed E-state index contributed by atoms with van der Waals surface area (Å²) in [4.78, 5) is 0. The van der Waals surface area contributed by atoms with Crippen LogP contribution < -0.4 is 0 Å². The van der Waals surface area contributed by atoms with E-state index >= 15 is 0 Å². The third kappa shape index (κ3) is 8.16. The van der Waals surface area contributed by atoms with Crippen LogP contribution in [0.3, 0.4) is 0 Å². The summed E-state index contributed by atoms with van der Waals surface area (Å²) in [6.07, 6.45) is 11.6. The van der Waals surface area contributed by atoms with Crippen molar-refractivity contribution in [2.45, 2.75) is 155 Å². The Morgan fingerprint density at radius 3 is 1.32 bits per heavy atom. The summed E-state index contributed by atoms with van der Waals surface area (Å²) in [7, 11) is -3.70. The molecule has 0 amide bonds. The minimum atomic E-state index is -1.85. The van der Waals surface area contributed by atoms with Gasteiger partial charge in [0, 0.05) is 24.0 Å². The average Bonchev–Trinajstić information content (AvgIpc) is 2.78. The van der Waals surface area contributed by atoms with Gasteiger partial charge in [0.15, 0.2) is 16.6 Å². The van der Waals surface area contributed by atoms with Crippen molar-refractivity contribution in [2.24, 2.45) is 10.8 Å². The first kappa shape index (κ1) is 34.0. The maximum atomic E-state index is 11.3. The van der Waals surface area contributed by atoms with E-state index in [0.29, 0.717) is 13.2 Å². The second kappa shape index (κ2) is 12.3.